The molecule has 0 radical (unpaired) electrons. The number of rotatable bonds is 7. The molecule has 0 heterocycles. The van der Waals surface area contributed by atoms with Crippen LogP contribution in [0.5, 0.6) is 5.75 Å². The lowest BCUT2D eigenvalue weighted by atomic mass is 9.98. The predicted molar refractivity (Wildman–Crippen MR) is 92.0 cm³/mol. The van der Waals surface area contributed by atoms with E-state index in [4.69, 9.17) is 0 Å². The number of hydrogen-bond acceptors (Lipinski definition) is 4. The van der Waals surface area contributed by atoms with Crippen LogP contribution in [-0.2, 0) is 4.79 Å². The number of amides is 3. The molecule has 0 bridgehead atoms. The molecule has 6 nitrogen and oxygen atoms in total. The Bertz CT molecular complexity index is 724. The van der Waals surface area contributed by atoms with Gasteiger partial charge in [0.2, 0.25) is 5.91 Å². The first-order valence-corrected chi connectivity index (χ1v) is 7.84. The van der Waals surface area contributed by atoms with Crippen molar-refractivity contribution in [2.24, 2.45) is 0 Å². The van der Waals surface area contributed by atoms with Gasteiger partial charge in [-0.05, 0) is 23.3 Å². The van der Waals surface area contributed by atoms with E-state index in [9.17, 15) is 18.4 Å². The molecule has 3 amide bonds. The number of ether oxygens (including phenoxy) is 1. The fraction of sp³-hybridized carbons (Fsp3) is 0.222. The summed E-state index contributed by atoms with van der Waals surface area (Å²) < 4.78 is 28.9. The molecule has 0 aromatic heterocycles. The number of alkyl halides is 2. The lowest BCUT2D eigenvalue weighted by Crippen LogP contribution is -2.42. The Hall–Kier alpha value is -3.00. The quantitative estimate of drug-likeness (QED) is 0.706. The number of hydrogen-bond donors (Lipinski definition) is 3. The summed E-state index contributed by atoms with van der Waals surface area (Å²) in [6.07, 6.45) is 0. The second kappa shape index (κ2) is 9.47. The Morgan fingerprint density at radius 3 is 2.19 bits per heavy atom. The smallest absolute Gasteiger partial charge is 0.387 e. The minimum atomic E-state index is -2.89. The van der Waals surface area contributed by atoms with Gasteiger partial charge in [0.1, 0.15) is 5.75 Å². The largest absolute Gasteiger partial charge is 0.435 e. The highest BCUT2D eigenvalue weighted by atomic mass is 19.3. The molecule has 2 aromatic rings. The molecule has 26 heavy (non-hydrogen) atoms. The number of carbonyl (C=O) groups is 2. The first-order valence-electron chi connectivity index (χ1n) is 7.84. The molecule has 138 valence electrons. The van der Waals surface area contributed by atoms with Crippen molar-refractivity contribution < 1.29 is 23.1 Å². The zero-order chi connectivity index (χ0) is 18.9. The lowest BCUT2D eigenvalue weighted by molar-refractivity contribution is -0.119. The summed E-state index contributed by atoms with van der Waals surface area (Å²) in [5, 5.41) is 7.52. The van der Waals surface area contributed by atoms with Gasteiger partial charge in [0, 0.05) is 7.05 Å². The van der Waals surface area contributed by atoms with E-state index in [2.05, 4.69) is 20.7 Å². The Morgan fingerprint density at radius 2 is 1.62 bits per heavy atom. The normalized spacial score (nSPS) is 11.7. The zero-order valence-electron chi connectivity index (χ0n) is 14.0. The van der Waals surface area contributed by atoms with Crippen molar-refractivity contribution in [1.82, 2.24) is 16.0 Å². The molecule has 3 N–H and O–H groups in total. The third-order valence-corrected chi connectivity index (χ3v) is 3.52. The van der Waals surface area contributed by atoms with Crippen LogP contribution in [0.2, 0.25) is 0 Å². The van der Waals surface area contributed by atoms with Gasteiger partial charge in [-0.3, -0.25) is 15.4 Å². The van der Waals surface area contributed by atoms with Crippen LogP contribution < -0.4 is 20.7 Å². The molecule has 0 saturated carbocycles. The van der Waals surface area contributed by atoms with E-state index in [1.54, 1.807) is 12.1 Å². The van der Waals surface area contributed by atoms with Gasteiger partial charge < -0.3 is 10.1 Å². The van der Waals surface area contributed by atoms with Gasteiger partial charge in [0.15, 0.2) is 0 Å². The van der Waals surface area contributed by atoms with Crippen molar-refractivity contribution in [2.75, 3.05) is 13.6 Å². The molecular weight excluding hydrogens is 344 g/mol. The number of benzene rings is 2. The SMILES string of the molecule is CNC(=O)NC(=O)CN[C@@H](c1ccccc1)c1ccc(OC(F)F)cc1. The summed E-state index contributed by atoms with van der Waals surface area (Å²) in [7, 11) is 1.41. The second-order valence-corrected chi connectivity index (χ2v) is 5.30. The standard InChI is InChI=1S/C18H19F2N3O3/c1-21-18(25)23-15(24)11-22-16(12-5-3-2-4-6-12)13-7-9-14(10-8-13)26-17(19)20/h2-10,16-17,22H,11H2,1H3,(H2,21,23,24,25)/t16-/m0/s1. The Kier molecular flexibility index (Phi) is 7.04. The Morgan fingerprint density at radius 1 is 1.00 bits per heavy atom. The average Bonchev–Trinajstić information content (AvgIpc) is 2.63. The maximum Gasteiger partial charge on any atom is 0.387 e. The van der Waals surface area contributed by atoms with Gasteiger partial charge in [0.25, 0.3) is 0 Å². The van der Waals surface area contributed by atoms with Crippen LogP contribution in [0.3, 0.4) is 0 Å². The summed E-state index contributed by atoms with van der Waals surface area (Å²) >= 11 is 0. The van der Waals surface area contributed by atoms with Crippen molar-refractivity contribution >= 4 is 11.9 Å². The van der Waals surface area contributed by atoms with Gasteiger partial charge in [-0.1, -0.05) is 42.5 Å². The first kappa shape index (κ1) is 19.3. The summed E-state index contributed by atoms with van der Waals surface area (Å²) in [5.41, 5.74) is 1.63. The maximum absolute atomic E-state index is 12.3. The minimum Gasteiger partial charge on any atom is -0.435 e. The Balaban J connectivity index is 2.14. The third kappa shape index (κ3) is 5.82. The summed E-state index contributed by atoms with van der Waals surface area (Å²) in [6.45, 7) is -3.00. The van der Waals surface area contributed by atoms with Crippen molar-refractivity contribution in [3.8, 4) is 5.75 Å². The van der Waals surface area contributed by atoms with Crippen molar-refractivity contribution in [2.45, 2.75) is 12.7 Å². The highest BCUT2D eigenvalue weighted by Crippen LogP contribution is 2.24. The number of nitrogens with one attached hydrogen (secondary N) is 3. The van der Waals surface area contributed by atoms with Crippen LogP contribution in [0.15, 0.2) is 54.6 Å². The van der Waals surface area contributed by atoms with Crippen molar-refractivity contribution in [3.63, 3.8) is 0 Å². The molecule has 8 heteroatoms. The molecule has 0 aliphatic rings. The zero-order valence-corrected chi connectivity index (χ0v) is 14.0. The van der Waals surface area contributed by atoms with Crippen LogP contribution in [0, 0.1) is 0 Å². The van der Waals surface area contributed by atoms with E-state index in [-0.39, 0.29) is 18.3 Å². The van der Waals surface area contributed by atoms with Crippen LogP contribution in [-0.4, -0.2) is 32.1 Å². The van der Waals surface area contributed by atoms with E-state index >= 15 is 0 Å². The molecule has 0 aliphatic carbocycles. The monoisotopic (exact) mass is 363 g/mol. The highest BCUT2D eigenvalue weighted by molar-refractivity contribution is 5.95. The van der Waals surface area contributed by atoms with E-state index in [1.165, 1.54) is 19.2 Å². The van der Waals surface area contributed by atoms with Crippen molar-refractivity contribution in [3.05, 3.63) is 65.7 Å². The van der Waals surface area contributed by atoms with Crippen LogP contribution in [0.4, 0.5) is 13.6 Å². The van der Waals surface area contributed by atoms with Gasteiger partial charge in [-0.25, -0.2) is 4.79 Å². The summed E-state index contributed by atoms with van der Waals surface area (Å²) in [4.78, 5) is 23.0. The number of imide groups is 1. The molecule has 2 rings (SSSR count). The maximum atomic E-state index is 12.3. The van der Waals surface area contributed by atoms with E-state index in [0.717, 1.165) is 11.1 Å². The molecule has 1 atom stereocenters. The van der Waals surface area contributed by atoms with Crippen LogP contribution in [0.25, 0.3) is 0 Å². The second-order valence-electron chi connectivity index (χ2n) is 5.30. The summed E-state index contributed by atoms with van der Waals surface area (Å²) in [6, 6.07) is 14.5. The minimum absolute atomic E-state index is 0.0490. The van der Waals surface area contributed by atoms with Crippen molar-refractivity contribution in [1.29, 1.82) is 0 Å². The molecule has 0 fully saturated rings. The van der Waals surface area contributed by atoms with Gasteiger partial charge in [-0.2, -0.15) is 8.78 Å². The Labute approximate surface area is 149 Å². The van der Waals surface area contributed by atoms with E-state index < -0.39 is 18.5 Å². The fourth-order valence-electron chi connectivity index (χ4n) is 2.34. The third-order valence-electron chi connectivity index (χ3n) is 3.52. The molecule has 2 aromatic carbocycles. The molecule has 0 saturated heterocycles. The van der Waals surface area contributed by atoms with E-state index in [0.29, 0.717) is 0 Å². The summed E-state index contributed by atoms with van der Waals surface area (Å²) in [5.74, 6) is -0.448. The van der Waals surface area contributed by atoms with Crippen LogP contribution >= 0.6 is 0 Å². The fourth-order valence-corrected chi connectivity index (χ4v) is 2.34. The number of urea groups is 1. The molecule has 0 unspecified atom stereocenters. The lowest BCUT2D eigenvalue weighted by Gasteiger charge is -2.20. The molecule has 0 aliphatic heterocycles. The number of carbonyl (C=O) groups excluding carboxylic acids is 2. The number of halogens is 2. The predicted octanol–water partition coefficient (Wildman–Crippen LogP) is 2.42. The molecule has 0 spiro atoms. The molecular formula is C18H19F2N3O3. The average molecular weight is 363 g/mol. The van der Waals surface area contributed by atoms with Gasteiger partial charge in [-0.15, -0.1) is 0 Å². The topological polar surface area (TPSA) is 79.5 Å². The van der Waals surface area contributed by atoms with E-state index in [1.807, 2.05) is 30.3 Å². The first-order chi connectivity index (χ1) is 12.5. The highest BCUT2D eigenvalue weighted by Gasteiger charge is 2.16. The van der Waals surface area contributed by atoms with Gasteiger partial charge >= 0.3 is 12.6 Å². The van der Waals surface area contributed by atoms with Gasteiger partial charge in [0.05, 0.1) is 12.6 Å². The van der Waals surface area contributed by atoms with Crippen LogP contribution in [0.1, 0.15) is 17.2 Å².